The SMILES string of the molecule is Cc1cn2nc([C@@H]3CCCCN3C(=O)c3cnc4c(cnn4C(C)C)c3)cc2nc1N1C[C@@H](C)[C@@H](O)C1. The van der Waals surface area contributed by atoms with Gasteiger partial charge in [-0.1, -0.05) is 6.92 Å². The molecular formula is C27H34N8O2. The zero-order chi connectivity index (χ0) is 25.8. The number of rotatable bonds is 4. The standard InChI is InChI=1S/C27H34N8O2/c1-16(2)35-26-19(12-29-35)9-20(11-28-26)27(37)33-8-6-5-7-22(33)21-10-24-30-25(18(4)14-34(24)31-21)32-13-17(3)23(36)15-32/h9-12,14,16-17,22-23,36H,5-8,13,15H2,1-4H3/t17-,22+,23+/m1/s1. The quantitative estimate of drug-likeness (QED) is 0.455. The highest BCUT2D eigenvalue weighted by molar-refractivity contribution is 5.97. The number of β-amino-alcohol motifs (C(OH)–C–C–N with tert-alkyl or cyclic N) is 1. The van der Waals surface area contributed by atoms with Crippen LogP contribution in [0.25, 0.3) is 16.7 Å². The Hall–Kier alpha value is -3.53. The lowest BCUT2D eigenvalue weighted by atomic mass is 9.98. The normalized spacial score (nSPS) is 22.6. The number of hydrogen-bond acceptors (Lipinski definition) is 7. The van der Waals surface area contributed by atoms with Crippen molar-refractivity contribution in [1.82, 2.24) is 34.3 Å². The van der Waals surface area contributed by atoms with Crippen molar-refractivity contribution >= 4 is 28.4 Å². The average molecular weight is 503 g/mol. The number of amides is 1. The van der Waals surface area contributed by atoms with E-state index < -0.39 is 0 Å². The number of fused-ring (bicyclic) bond motifs is 2. The van der Waals surface area contributed by atoms with Crippen LogP contribution in [0.1, 0.15) is 73.7 Å². The van der Waals surface area contributed by atoms with E-state index >= 15 is 0 Å². The van der Waals surface area contributed by atoms with Gasteiger partial charge >= 0.3 is 0 Å². The van der Waals surface area contributed by atoms with Gasteiger partial charge in [-0.05, 0) is 46.1 Å². The molecule has 3 atom stereocenters. The van der Waals surface area contributed by atoms with Crippen molar-refractivity contribution in [3.63, 3.8) is 0 Å². The first-order valence-electron chi connectivity index (χ1n) is 13.2. The van der Waals surface area contributed by atoms with Crippen molar-refractivity contribution in [3.8, 4) is 0 Å². The third-order valence-electron chi connectivity index (χ3n) is 7.77. The number of aliphatic hydroxyl groups is 1. The summed E-state index contributed by atoms with van der Waals surface area (Å²) >= 11 is 0. The molecule has 1 amide bonds. The predicted octanol–water partition coefficient (Wildman–Crippen LogP) is 3.55. The lowest BCUT2D eigenvalue weighted by Crippen LogP contribution is -2.38. The number of aliphatic hydroxyl groups excluding tert-OH is 1. The lowest BCUT2D eigenvalue weighted by Gasteiger charge is -2.34. The first-order chi connectivity index (χ1) is 17.8. The van der Waals surface area contributed by atoms with Crippen LogP contribution < -0.4 is 4.90 Å². The summed E-state index contributed by atoms with van der Waals surface area (Å²) in [5.74, 6) is 1.08. The molecule has 0 bridgehead atoms. The molecule has 2 aliphatic heterocycles. The van der Waals surface area contributed by atoms with Gasteiger partial charge in [0.2, 0.25) is 0 Å². The molecule has 2 saturated heterocycles. The Kier molecular flexibility index (Phi) is 5.86. The summed E-state index contributed by atoms with van der Waals surface area (Å²) in [4.78, 5) is 27.3. The third kappa shape index (κ3) is 4.13. The second kappa shape index (κ2) is 9.09. The van der Waals surface area contributed by atoms with Crippen LogP contribution in [-0.4, -0.2) is 71.0 Å². The van der Waals surface area contributed by atoms with Gasteiger partial charge in [0, 0.05) is 61.0 Å². The zero-order valence-corrected chi connectivity index (χ0v) is 21.9. The van der Waals surface area contributed by atoms with Crippen molar-refractivity contribution in [2.75, 3.05) is 24.5 Å². The van der Waals surface area contributed by atoms with Crippen molar-refractivity contribution < 1.29 is 9.90 Å². The van der Waals surface area contributed by atoms with E-state index in [2.05, 4.69) is 35.8 Å². The first kappa shape index (κ1) is 23.8. The zero-order valence-electron chi connectivity index (χ0n) is 21.9. The Balaban J connectivity index is 1.30. The molecule has 37 heavy (non-hydrogen) atoms. The summed E-state index contributed by atoms with van der Waals surface area (Å²) in [5, 5.41) is 20.4. The van der Waals surface area contributed by atoms with Crippen LogP contribution in [0, 0.1) is 12.8 Å². The summed E-state index contributed by atoms with van der Waals surface area (Å²) in [6, 6.07) is 3.98. The highest BCUT2D eigenvalue weighted by Crippen LogP contribution is 2.33. The Morgan fingerprint density at radius 1 is 1.16 bits per heavy atom. The summed E-state index contributed by atoms with van der Waals surface area (Å²) in [6.07, 6.45) is 7.97. The van der Waals surface area contributed by atoms with E-state index in [1.807, 2.05) is 39.4 Å². The van der Waals surface area contributed by atoms with E-state index in [0.29, 0.717) is 18.7 Å². The monoisotopic (exact) mass is 502 g/mol. The molecule has 6 heterocycles. The van der Waals surface area contributed by atoms with Crippen molar-refractivity contribution in [2.45, 2.75) is 65.1 Å². The fourth-order valence-corrected chi connectivity index (χ4v) is 5.71. The molecule has 4 aromatic heterocycles. The van der Waals surface area contributed by atoms with Crippen LogP contribution in [-0.2, 0) is 0 Å². The van der Waals surface area contributed by atoms with E-state index in [1.54, 1.807) is 12.4 Å². The number of nitrogens with zero attached hydrogens (tertiary/aromatic N) is 8. The molecule has 0 unspecified atom stereocenters. The smallest absolute Gasteiger partial charge is 0.256 e. The molecule has 4 aromatic rings. The number of aromatic nitrogens is 6. The van der Waals surface area contributed by atoms with E-state index in [4.69, 9.17) is 10.1 Å². The van der Waals surface area contributed by atoms with Crippen LogP contribution >= 0.6 is 0 Å². The maximum Gasteiger partial charge on any atom is 0.256 e. The first-order valence-corrected chi connectivity index (χ1v) is 13.2. The van der Waals surface area contributed by atoms with Crippen LogP contribution in [0.3, 0.4) is 0 Å². The summed E-state index contributed by atoms with van der Waals surface area (Å²) < 4.78 is 3.69. The van der Waals surface area contributed by atoms with Gasteiger partial charge in [0.1, 0.15) is 5.82 Å². The Bertz CT molecular complexity index is 1460. The molecule has 1 N–H and O–H groups in total. The minimum atomic E-state index is -0.340. The second-order valence-electron chi connectivity index (χ2n) is 10.9. The van der Waals surface area contributed by atoms with Gasteiger partial charge in [-0.3, -0.25) is 4.79 Å². The number of aryl methyl sites for hydroxylation is 1. The molecule has 2 fully saturated rings. The molecule has 0 spiro atoms. The second-order valence-corrected chi connectivity index (χ2v) is 10.9. The summed E-state index contributed by atoms with van der Waals surface area (Å²) in [6.45, 7) is 10.3. The van der Waals surface area contributed by atoms with Gasteiger partial charge in [0.15, 0.2) is 11.3 Å². The van der Waals surface area contributed by atoms with Gasteiger partial charge < -0.3 is 14.9 Å². The molecule has 0 saturated carbocycles. The molecule has 10 heteroatoms. The van der Waals surface area contributed by atoms with Gasteiger partial charge in [-0.2, -0.15) is 10.2 Å². The average Bonchev–Trinajstić information content (AvgIpc) is 3.59. The van der Waals surface area contributed by atoms with E-state index in [1.165, 1.54) is 0 Å². The van der Waals surface area contributed by atoms with Gasteiger partial charge in [-0.25, -0.2) is 19.2 Å². The maximum absolute atomic E-state index is 13.7. The molecule has 0 radical (unpaired) electrons. The minimum absolute atomic E-state index is 0.0293. The molecular weight excluding hydrogens is 468 g/mol. The predicted molar refractivity (Wildman–Crippen MR) is 141 cm³/mol. The molecule has 2 aliphatic rings. The summed E-state index contributed by atoms with van der Waals surface area (Å²) in [7, 11) is 0. The fourth-order valence-electron chi connectivity index (χ4n) is 5.71. The topological polar surface area (TPSA) is 105 Å². The van der Waals surface area contributed by atoms with Crippen molar-refractivity contribution in [3.05, 3.63) is 47.5 Å². The van der Waals surface area contributed by atoms with Crippen LogP contribution in [0.4, 0.5) is 5.82 Å². The lowest BCUT2D eigenvalue weighted by molar-refractivity contribution is 0.0605. The highest BCUT2D eigenvalue weighted by Gasteiger charge is 2.32. The largest absolute Gasteiger partial charge is 0.391 e. The Labute approximate surface area is 215 Å². The summed E-state index contributed by atoms with van der Waals surface area (Å²) in [5.41, 5.74) is 3.99. The Morgan fingerprint density at radius 2 is 2.00 bits per heavy atom. The number of piperidine rings is 1. The maximum atomic E-state index is 13.7. The highest BCUT2D eigenvalue weighted by atomic mass is 16.3. The third-order valence-corrected chi connectivity index (χ3v) is 7.77. The number of likely N-dealkylation sites (tertiary alicyclic amines) is 1. The molecule has 0 aliphatic carbocycles. The van der Waals surface area contributed by atoms with Crippen LogP contribution in [0.15, 0.2) is 30.7 Å². The van der Waals surface area contributed by atoms with E-state index in [0.717, 1.165) is 59.6 Å². The fraction of sp³-hybridized carbons (Fsp3) is 0.519. The number of carbonyl (C=O) groups is 1. The molecule has 194 valence electrons. The van der Waals surface area contributed by atoms with Crippen LogP contribution in [0.5, 0.6) is 0 Å². The van der Waals surface area contributed by atoms with E-state index in [9.17, 15) is 9.90 Å². The molecule has 10 nitrogen and oxygen atoms in total. The number of carbonyl (C=O) groups excluding carboxylic acids is 1. The van der Waals surface area contributed by atoms with Crippen molar-refractivity contribution in [1.29, 1.82) is 0 Å². The number of anilines is 1. The number of pyridine rings is 1. The Morgan fingerprint density at radius 3 is 2.76 bits per heavy atom. The minimum Gasteiger partial charge on any atom is -0.391 e. The van der Waals surface area contributed by atoms with Gasteiger partial charge in [0.05, 0.1) is 29.6 Å². The number of hydrogen-bond donors (Lipinski definition) is 1. The van der Waals surface area contributed by atoms with Crippen molar-refractivity contribution in [2.24, 2.45) is 5.92 Å². The van der Waals surface area contributed by atoms with Gasteiger partial charge in [-0.15, -0.1) is 0 Å². The molecule has 6 rings (SSSR count). The van der Waals surface area contributed by atoms with E-state index in [-0.39, 0.29) is 30.0 Å². The molecule has 0 aromatic carbocycles. The van der Waals surface area contributed by atoms with Crippen LogP contribution in [0.2, 0.25) is 0 Å². The van der Waals surface area contributed by atoms with Gasteiger partial charge in [0.25, 0.3) is 5.91 Å².